The zero-order valence-corrected chi connectivity index (χ0v) is 14.4. The summed E-state index contributed by atoms with van der Waals surface area (Å²) in [5.41, 5.74) is 0.859. The molecule has 1 aromatic carbocycles. The number of aryl methyl sites for hydroxylation is 1. The molecule has 0 unspecified atom stereocenters. The molecule has 3 aromatic rings. The van der Waals surface area contributed by atoms with Crippen molar-refractivity contribution in [1.29, 1.82) is 0 Å². The van der Waals surface area contributed by atoms with Crippen LogP contribution in [0.2, 0.25) is 0 Å². The van der Waals surface area contributed by atoms with Gasteiger partial charge in [0.05, 0.1) is 6.21 Å². The molecule has 0 saturated carbocycles. The van der Waals surface area contributed by atoms with Crippen LogP contribution in [0.5, 0.6) is 0 Å². The van der Waals surface area contributed by atoms with E-state index >= 15 is 0 Å². The van der Waals surface area contributed by atoms with E-state index in [0.717, 1.165) is 14.7 Å². The third-order valence-electron chi connectivity index (χ3n) is 3.07. The summed E-state index contributed by atoms with van der Waals surface area (Å²) in [7, 11) is 0. The molecule has 0 fully saturated rings. The molecule has 0 radical (unpaired) electrons. The highest BCUT2D eigenvalue weighted by Gasteiger charge is 2.04. The van der Waals surface area contributed by atoms with Gasteiger partial charge in [0.2, 0.25) is 4.77 Å². The summed E-state index contributed by atoms with van der Waals surface area (Å²) in [5.74, 6) is 1.22. The highest BCUT2D eigenvalue weighted by Crippen LogP contribution is 2.23. The molecule has 23 heavy (non-hydrogen) atoms. The smallest absolute Gasteiger partial charge is 0.296 e. The lowest BCUT2D eigenvalue weighted by Crippen LogP contribution is -2.22. The molecule has 2 aromatic heterocycles. The molecule has 0 saturated heterocycles. The largest absolute Gasteiger partial charge is 0.455 e. The minimum absolute atomic E-state index is 0.122. The predicted octanol–water partition coefficient (Wildman–Crippen LogP) is 3.51. The molecule has 8 heteroatoms. The monoisotopic (exact) mass is 390 g/mol. The summed E-state index contributed by atoms with van der Waals surface area (Å²) >= 11 is 8.40. The molecule has 0 amide bonds. The number of aromatic amines is 1. The van der Waals surface area contributed by atoms with Crippen LogP contribution in [-0.2, 0) is 0 Å². The van der Waals surface area contributed by atoms with Gasteiger partial charge in [-0.15, -0.1) is 0 Å². The molecule has 0 bridgehead atoms. The second-order valence-electron chi connectivity index (χ2n) is 4.68. The summed E-state index contributed by atoms with van der Waals surface area (Å²) in [6.45, 7) is 1.58. The standard InChI is InChI=1S/C15H11BrN4O2S/c1-9-14(21)20(15(23)19-18-9)17-8-12-6-7-13(22-12)10-2-4-11(16)5-3-10/h2-8H,1H3,(H,19,23). The number of nitrogens with zero attached hydrogens (tertiary/aromatic N) is 3. The average molecular weight is 391 g/mol. The van der Waals surface area contributed by atoms with Crippen molar-refractivity contribution in [1.82, 2.24) is 14.9 Å². The Morgan fingerprint density at radius 1 is 1.30 bits per heavy atom. The molecule has 0 aliphatic carbocycles. The van der Waals surface area contributed by atoms with Gasteiger partial charge >= 0.3 is 0 Å². The lowest BCUT2D eigenvalue weighted by Gasteiger charge is -1.98. The van der Waals surface area contributed by atoms with Crippen LogP contribution in [0.4, 0.5) is 0 Å². The van der Waals surface area contributed by atoms with E-state index in [1.54, 1.807) is 13.0 Å². The first-order chi connectivity index (χ1) is 11.0. The summed E-state index contributed by atoms with van der Waals surface area (Å²) in [4.78, 5) is 11.9. The zero-order valence-electron chi connectivity index (χ0n) is 12.0. The molecule has 3 rings (SSSR count). The fraction of sp³-hybridized carbons (Fsp3) is 0.0667. The van der Waals surface area contributed by atoms with E-state index in [0.29, 0.717) is 11.5 Å². The Morgan fingerprint density at radius 2 is 2.04 bits per heavy atom. The van der Waals surface area contributed by atoms with Crippen molar-refractivity contribution in [3.63, 3.8) is 0 Å². The Kier molecular flexibility index (Phi) is 4.35. The molecule has 0 spiro atoms. The first kappa shape index (κ1) is 15.6. The quantitative estimate of drug-likeness (QED) is 0.548. The number of rotatable bonds is 3. The van der Waals surface area contributed by atoms with Gasteiger partial charge in [-0.05, 0) is 43.4 Å². The minimum Gasteiger partial charge on any atom is -0.455 e. The maximum absolute atomic E-state index is 11.9. The number of hydrogen-bond donors (Lipinski definition) is 1. The molecular weight excluding hydrogens is 380 g/mol. The number of furan rings is 1. The molecule has 2 heterocycles. The highest BCUT2D eigenvalue weighted by atomic mass is 79.9. The summed E-state index contributed by atoms with van der Waals surface area (Å²) in [5, 5.41) is 10.4. The Hall–Kier alpha value is -2.32. The zero-order chi connectivity index (χ0) is 16.4. The normalized spacial score (nSPS) is 11.2. The van der Waals surface area contributed by atoms with Gasteiger partial charge in [0.1, 0.15) is 17.2 Å². The van der Waals surface area contributed by atoms with Gasteiger partial charge in [-0.2, -0.15) is 14.9 Å². The van der Waals surface area contributed by atoms with Crippen LogP contribution in [0, 0.1) is 11.7 Å². The number of benzene rings is 1. The predicted molar refractivity (Wildman–Crippen MR) is 93.3 cm³/mol. The number of aromatic nitrogens is 3. The van der Waals surface area contributed by atoms with Crippen molar-refractivity contribution in [2.75, 3.05) is 0 Å². The van der Waals surface area contributed by atoms with E-state index in [-0.39, 0.29) is 16.0 Å². The fourth-order valence-electron chi connectivity index (χ4n) is 1.88. The second kappa shape index (κ2) is 6.43. The van der Waals surface area contributed by atoms with Crippen LogP contribution in [0.25, 0.3) is 11.3 Å². The van der Waals surface area contributed by atoms with Gasteiger partial charge in [-0.25, -0.2) is 0 Å². The summed E-state index contributed by atoms with van der Waals surface area (Å²) < 4.78 is 7.89. The van der Waals surface area contributed by atoms with Gasteiger partial charge in [0.25, 0.3) is 5.56 Å². The van der Waals surface area contributed by atoms with Crippen molar-refractivity contribution in [3.8, 4) is 11.3 Å². The number of H-pyrrole nitrogens is 1. The van der Waals surface area contributed by atoms with E-state index < -0.39 is 0 Å². The second-order valence-corrected chi connectivity index (χ2v) is 5.99. The summed E-state index contributed by atoms with van der Waals surface area (Å²) in [6, 6.07) is 11.4. The topological polar surface area (TPSA) is 76.2 Å². The maximum Gasteiger partial charge on any atom is 0.296 e. The Labute approximate surface area is 144 Å². The molecule has 116 valence electrons. The lowest BCUT2D eigenvalue weighted by molar-refractivity contribution is 0.573. The first-order valence-corrected chi connectivity index (χ1v) is 7.83. The Balaban J connectivity index is 1.90. The Bertz CT molecular complexity index is 986. The van der Waals surface area contributed by atoms with Gasteiger partial charge in [-0.3, -0.25) is 9.89 Å². The van der Waals surface area contributed by atoms with Crippen LogP contribution in [0.15, 0.2) is 55.2 Å². The SMILES string of the molecule is Cc1n[nH]c(=S)n(N=Cc2ccc(-c3ccc(Br)cc3)o2)c1=O. The lowest BCUT2D eigenvalue weighted by atomic mass is 10.2. The number of halogens is 1. The molecule has 1 N–H and O–H groups in total. The van der Waals surface area contributed by atoms with E-state index in [4.69, 9.17) is 16.6 Å². The maximum atomic E-state index is 11.9. The van der Waals surface area contributed by atoms with Gasteiger partial charge < -0.3 is 4.42 Å². The van der Waals surface area contributed by atoms with Crippen molar-refractivity contribution in [2.24, 2.45) is 5.10 Å². The van der Waals surface area contributed by atoms with E-state index in [1.807, 2.05) is 30.3 Å². The van der Waals surface area contributed by atoms with Crippen molar-refractivity contribution < 1.29 is 4.42 Å². The van der Waals surface area contributed by atoms with Crippen LogP contribution in [0.1, 0.15) is 11.5 Å². The fourth-order valence-corrected chi connectivity index (χ4v) is 2.32. The molecule has 0 aliphatic rings. The Morgan fingerprint density at radius 3 is 2.78 bits per heavy atom. The molecule has 6 nitrogen and oxygen atoms in total. The van der Waals surface area contributed by atoms with E-state index in [2.05, 4.69) is 31.2 Å². The molecule has 0 aliphatic heterocycles. The third kappa shape index (κ3) is 3.38. The van der Waals surface area contributed by atoms with Crippen LogP contribution >= 0.6 is 28.1 Å². The number of nitrogens with one attached hydrogen (secondary N) is 1. The van der Waals surface area contributed by atoms with E-state index in [1.165, 1.54) is 6.21 Å². The minimum atomic E-state index is -0.371. The van der Waals surface area contributed by atoms with Gasteiger partial charge in [-0.1, -0.05) is 28.1 Å². The van der Waals surface area contributed by atoms with Gasteiger partial charge in [0.15, 0.2) is 0 Å². The van der Waals surface area contributed by atoms with Crippen molar-refractivity contribution in [2.45, 2.75) is 6.92 Å². The van der Waals surface area contributed by atoms with Crippen LogP contribution < -0.4 is 5.56 Å². The molecule has 0 atom stereocenters. The first-order valence-electron chi connectivity index (χ1n) is 6.63. The van der Waals surface area contributed by atoms with E-state index in [9.17, 15) is 4.79 Å². The molecular formula is C15H11BrN4O2S. The number of hydrogen-bond acceptors (Lipinski definition) is 5. The third-order valence-corrected chi connectivity index (χ3v) is 3.86. The van der Waals surface area contributed by atoms with Gasteiger partial charge in [0, 0.05) is 10.0 Å². The van der Waals surface area contributed by atoms with Crippen molar-refractivity contribution >= 4 is 34.4 Å². The van der Waals surface area contributed by atoms with Crippen LogP contribution in [-0.4, -0.2) is 21.1 Å². The van der Waals surface area contributed by atoms with Crippen LogP contribution in [0.3, 0.4) is 0 Å². The van der Waals surface area contributed by atoms with Crippen molar-refractivity contribution in [3.05, 3.63) is 67.4 Å². The average Bonchev–Trinajstić information content (AvgIpc) is 3.01. The highest BCUT2D eigenvalue weighted by molar-refractivity contribution is 9.10. The summed E-state index contributed by atoms with van der Waals surface area (Å²) in [6.07, 6.45) is 1.44.